The van der Waals surface area contributed by atoms with Gasteiger partial charge in [-0.2, -0.15) is 0 Å². The lowest BCUT2D eigenvalue weighted by Gasteiger charge is -2.40. The van der Waals surface area contributed by atoms with Gasteiger partial charge in [0.15, 0.2) is 0 Å². The molecule has 8 nitrogen and oxygen atoms in total. The molecule has 0 radical (unpaired) electrons. The summed E-state index contributed by atoms with van der Waals surface area (Å²) in [6, 6.07) is 0.956. The number of carbonyl (C=O) groups is 3. The van der Waals surface area contributed by atoms with Gasteiger partial charge in [0.25, 0.3) is 5.91 Å². The normalized spacial score (nSPS) is 21.4. The first-order chi connectivity index (χ1) is 12.0. The first kappa shape index (κ1) is 17.3. The molecule has 25 heavy (non-hydrogen) atoms. The van der Waals surface area contributed by atoms with Crippen molar-refractivity contribution in [1.82, 2.24) is 24.7 Å². The van der Waals surface area contributed by atoms with Crippen molar-refractivity contribution in [2.45, 2.75) is 26.3 Å². The lowest BCUT2D eigenvalue weighted by molar-refractivity contribution is -0.156. The number of amides is 3. The third-order valence-electron chi connectivity index (χ3n) is 4.51. The second kappa shape index (κ2) is 7.16. The summed E-state index contributed by atoms with van der Waals surface area (Å²) in [6.45, 7) is 5.92. The molecule has 1 atom stereocenters. The van der Waals surface area contributed by atoms with Crippen LogP contribution in [0.2, 0.25) is 0 Å². The van der Waals surface area contributed by atoms with E-state index >= 15 is 0 Å². The molecule has 3 amide bonds. The maximum Gasteiger partial charge on any atom is 0.272 e. The summed E-state index contributed by atoms with van der Waals surface area (Å²) >= 11 is 0. The number of carbonyl (C=O) groups excluding carboxylic acids is 3. The van der Waals surface area contributed by atoms with Gasteiger partial charge in [-0.05, 0) is 18.4 Å². The highest BCUT2D eigenvalue weighted by Crippen LogP contribution is 2.20. The number of aromatic nitrogens is 2. The summed E-state index contributed by atoms with van der Waals surface area (Å²) in [6.07, 6.45) is 3.50. The largest absolute Gasteiger partial charge is 0.335 e. The van der Waals surface area contributed by atoms with Crippen molar-refractivity contribution in [3.8, 4) is 0 Å². The quantitative estimate of drug-likeness (QED) is 0.771. The Balaban J connectivity index is 1.80. The van der Waals surface area contributed by atoms with Crippen LogP contribution in [0.1, 0.15) is 30.8 Å². The van der Waals surface area contributed by atoms with Crippen molar-refractivity contribution >= 4 is 17.7 Å². The van der Waals surface area contributed by atoms with Crippen LogP contribution in [-0.4, -0.2) is 81.2 Å². The number of rotatable bonds is 3. The molecule has 0 aliphatic carbocycles. The molecule has 0 N–H and O–H groups in total. The molecule has 2 fully saturated rings. The highest BCUT2D eigenvalue weighted by molar-refractivity contribution is 5.96. The lowest BCUT2D eigenvalue weighted by Crippen LogP contribution is -2.62. The van der Waals surface area contributed by atoms with Gasteiger partial charge >= 0.3 is 0 Å². The van der Waals surface area contributed by atoms with Gasteiger partial charge in [0.1, 0.15) is 18.1 Å². The summed E-state index contributed by atoms with van der Waals surface area (Å²) in [4.78, 5) is 50.7. The van der Waals surface area contributed by atoms with Crippen LogP contribution in [0.15, 0.2) is 18.6 Å². The summed E-state index contributed by atoms with van der Waals surface area (Å²) in [5.41, 5.74) is 0.303. The number of piperazine rings is 1. The third kappa shape index (κ3) is 3.62. The highest BCUT2D eigenvalue weighted by atomic mass is 16.2. The van der Waals surface area contributed by atoms with Gasteiger partial charge in [-0.15, -0.1) is 0 Å². The molecule has 1 aromatic heterocycles. The minimum Gasteiger partial charge on any atom is -0.335 e. The van der Waals surface area contributed by atoms with E-state index in [-0.39, 0.29) is 36.7 Å². The number of hydrogen-bond acceptors (Lipinski definition) is 5. The van der Waals surface area contributed by atoms with Gasteiger partial charge in [0, 0.05) is 25.8 Å². The van der Waals surface area contributed by atoms with E-state index in [1.54, 1.807) is 20.8 Å². The van der Waals surface area contributed by atoms with Crippen molar-refractivity contribution in [2.24, 2.45) is 5.92 Å². The summed E-state index contributed by atoms with van der Waals surface area (Å²) in [7, 11) is 0. The van der Waals surface area contributed by atoms with Gasteiger partial charge in [-0.25, -0.2) is 9.97 Å². The monoisotopic (exact) mass is 345 g/mol. The van der Waals surface area contributed by atoms with E-state index in [0.717, 1.165) is 0 Å². The topological polar surface area (TPSA) is 86.7 Å². The Bertz CT molecular complexity index is 664. The zero-order valence-electron chi connectivity index (χ0n) is 14.6. The first-order valence-corrected chi connectivity index (χ1v) is 8.61. The molecular weight excluding hydrogens is 322 g/mol. The molecule has 1 unspecified atom stereocenters. The third-order valence-corrected chi connectivity index (χ3v) is 4.51. The average molecular weight is 345 g/mol. The van der Waals surface area contributed by atoms with Crippen LogP contribution in [0.25, 0.3) is 0 Å². The Morgan fingerprint density at radius 1 is 1.32 bits per heavy atom. The molecule has 3 heterocycles. The Labute approximate surface area is 146 Å². The van der Waals surface area contributed by atoms with Crippen molar-refractivity contribution in [1.29, 1.82) is 0 Å². The highest BCUT2D eigenvalue weighted by Gasteiger charge is 2.42. The first-order valence-electron chi connectivity index (χ1n) is 8.61. The van der Waals surface area contributed by atoms with Crippen LogP contribution >= 0.6 is 0 Å². The van der Waals surface area contributed by atoms with Crippen molar-refractivity contribution in [2.75, 3.05) is 32.7 Å². The van der Waals surface area contributed by atoms with Gasteiger partial charge in [0.05, 0.1) is 13.1 Å². The molecule has 134 valence electrons. The summed E-state index contributed by atoms with van der Waals surface area (Å²) < 4.78 is 0. The molecule has 2 aliphatic heterocycles. The van der Waals surface area contributed by atoms with Crippen LogP contribution in [0.3, 0.4) is 0 Å². The van der Waals surface area contributed by atoms with E-state index in [2.05, 4.69) is 9.97 Å². The lowest BCUT2D eigenvalue weighted by atomic mass is 10.1. The minimum absolute atomic E-state index is 0.0402. The number of nitrogens with zero attached hydrogens (tertiary/aromatic N) is 5. The molecule has 8 heteroatoms. The zero-order valence-corrected chi connectivity index (χ0v) is 14.6. The van der Waals surface area contributed by atoms with Crippen LogP contribution < -0.4 is 0 Å². The molecule has 2 saturated heterocycles. The fourth-order valence-corrected chi connectivity index (χ4v) is 3.40. The predicted molar refractivity (Wildman–Crippen MR) is 89.5 cm³/mol. The van der Waals surface area contributed by atoms with E-state index < -0.39 is 6.04 Å². The van der Waals surface area contributed by atoms with Crippen LogP contribution in [0.5, 0.6) is 0 Å². The van der Waals surface area contributed by atoms with E-state index in [1.165, 1.54) is 12.5 Å². The van der Waals surface area contributed by atoms with Crippen molar-refractivity contribution in [3.63, 3.8) is 0 Å². The van der Waals surface area contributed by atoms with Crippen molar-refractivity contribution in [3.05, 3.63) is 24.3 Å². The molecule has 0 bridgehead atoms. The second-order valence-electron chi connectivity index (χ2n) is 6.91. The van der Waals surface area contributed by atoms with Crippen molar-refractivity contribution < 1.29 is 14.4 Å². The summed E-state index contributed by atoms with van der Waals surface area (Å²) in [5.74, 6) is -0.0596. The van der Waals surface area contributed by atoms with Crippen LogP contribution in [-0.2, 0) is 9.59 Å². The van der Waals surface area contributed by atoms with Crippen LogP contribution in [0, 0.1) is 5.92 Å². The van der Waals surface area contributed by atoms with E-state index in [4.69, 9.17) is 0 Å². The Hall–Kier alpha value is -2.51. The molecule has 0 saturated carbocycles. The van der Waals surface area contributed by atoms with Crippen LogP contribution in [0.4, 0.5) is 0 Å². The van der Waals surface area contributed by atoms with Gasteiger partial charge < -0.3 is 14.7 Å². The van der Waals surface area contributed by atoms with E-state index in [0.29, 0.717) is 31.7 Å². The smallest absolute Gasteiger partial charge is 0.272 e. The number of hydrogen-bond donors (Lipinski definition) is 0. The molecular formula is C17H23N5O3. The van der Waals surface area contributed by atoms with Gasteiger partial charge in [0.2, 0.25) is 11.8 Å². The maximum absolute atomic E-state index is 12.9. The molecule has 3 rings (SSSR count). The summed E-state index contributed by atoms with van der Waals surface area (Å²) in [5, 5.41) is 0. The van der Waals surface area contributed by atoms with E-state index in [9.17, 15) is 14.4 Å². The molecule has 0 spiro atoms. The number of fused-ring (bicyclic) bond motifs is 1. The maximum atomic E-state index is 12.9. The predicted octanol–water partition coefficient (Wildman–Crippen LogP) is 0.0179. The molecule has 2 aliphatic rings. The minimum atomic E-state index is -0.603. The molecule has 1 aromatic rings. The zero-order chi connectivity index (χ0) is 18.0. The fraction of sp³-hybridized carbons (Fsp3) is 0.588. The average Bonchev–Trinajstić information content (AvgIpc) is 2.82. The van der Waals surface area contributed by atoms with Gasteiger partial charge in [-0.1, -0.05) is 13.8 Å². The Morgan fingerprint density at radius 2 is 2.12 bits per heavy atom. The molecule has 0 aromatic carbocycles. The Kier molecular flexibility index (Phi) is 4.96. The SMILES string of the molecule is CC(C)CN1CC(=O)N2CCCN(C(=O)c3ccncn3)CC2C1=O. The Morgan fingerprint density at radius 3 is 2.80 bits per heavy atom. The second-order valence-corrected chi connectivity index (χ2v) is 6.91. The van der Waals surface area contributed by atoms with Gasteiger partial charge in [-0.3, -0.25) is 14.4 Å². The fourth-order valence-electron chi connectivity index (χ4n) is 3.40. The van der Waals surface area contributed by atoms with E-state index in [1.807, 2.05) is 13.8 Å². The standard InChI is InChI=1S/C17H23N5O3/c1-12(2)8-21-10-15(23)22-7-3-6-20(9-14(22)17(21)25)16(24)13-4-5-18-11-19-13/h4-5,11-12,14H,3,6-10H2,1-2H3.